The van der Waals surface area contributed by atoms with Gasteiger partial charge in [-0.1, -0.05) is 188 Å². The number of rotatable bonds is 8. The van der Waals surface area contributed by atoms with E-state index < -0.39 is 0 Å². The van der Waals surface area contributed by atoms with E-state index in [2.05, 4.69) is 258 Å². The summed E-state index contributed by atoms with van der Waals surface area (Å²) in [5, 5.41) is 7.70. The van der Waals surface area contributed by atoms with Gasteiger partial charge in [0.25, 0.3) is 0 Å². The second-order valence-corrected chi connectivity index (χ2v) is 16.9. The van der Waals surface area contributed by atoms with Crippen LogP contribution in [0.2, 0.25) is 0 Å². The Morgan fingerprint density at radius 1 is 0.406 bits per heavy atom. The molecule has 1 heterocycles. The number of benzene rings is 10. The normalized spacial score (nSPS) is 13.8. The maximum atomic E-state index is 2.42. The molecular weight excluding hydrogens is 773 g/mol. The molecule has 0 saturated carbocycles. The Labute approximate surface area is 373 Å². The number of hydrogen-bond acceptors (Lipinski definition) is 1. The number of para-hydroxylation sites is 2. The van der Waals surface area contributed by atoms with Crippen molar-refractivity contribution in [1.82, 2.24) is 4.57 Å². The summed E-state index contributed by atoms with van der Waals surface area (Å²) in [4.78, 5) is 2.42. The van der Waals surface area contributed by atoms with Crippen LogP contribution in [0.4, 0.5) is 11.4 Å². The van der Waals surface area contributed by atoms with Crippen molar-refractivity contribution in [3.63, 3.8) is 0 Å². The van der Waals surface area contributed by atoms with Gasteiger partial charge in [0.15, 0.2) is 0 Å². The highest BCUT2D eigenvalue weighted by molar-refractivity contribution is 6.16. The first-order valence-electron chi connectivity index (χ1n) is 22.3. The predicted octanol–water partition coefficient (Wildman–Crippen LogP) is 16.9. The van der Waals surface area contributed by atoms with Crippen molar-refractivity contribution >= 4 is 54.7 Å². The maximum Gasteiger partial charge on any atom is 0.0547 e. The molecule has 1 aromatic heterocycles. The van der Waals surface area contributed by atoms with Crippen LogP contribution >= 0.6 is 0 Å². The molecule has 1 atom stereocenters. The third kappa shape index (κ3) is 6.68. The number of anilines is 2. The standard InChI is InChI=1S/C62H44N2/c1-3-14-43(15-4-1)44-30-35-53(36-31-44)63(54-37-32-45(33-38-54)49-34-39-57-51(41-49)29-28-46-16-7-8-23-56(46)57)55-22-12-18-48(42-55)47-17-11-19-50(40-47)58-25-13-27-61-62(58)59-24-9-10-26-60(59)64(61)52-20-5-2-6-21-52/h1-32,34-42,45H,33H2. The highest BCUT2D eigenvalue weighted by Crippen LogP contribution is 2.42. The first-order chi connectivity index (χ1) is 31.7. The molecule has 64 heavy (non-hydrogen) atoms. The number of hydrogen-bond donors (Lipinski definition) is 0. The first-order valence-corrected chi connectivity index (χ1v) is 22.3. The molecule has 10 aromatic carbocycles. The minimum Gasteiger partial charge on any atom is -0.311 e. The third-order valence-corrected chi connectivity index (χ3v) is 13.1. The summed E-state index contributed by atoms with van der Waals surface area (Å²) in [5.74, 6) is 0.294. The molecule has 1 aliphatic carbocycles. The van der Waals surface area contributed by atoms with Gasteiger partial charge in [-0.05, 0) is 128 Å². The van der Waals surface area contributed by atoms with Gasteiger partial charge < -0.3 is 9.47 Å². The average Bonchev–Trinajstić information content (AvgIpc) is 3.72. The maximum absolute atomic E-state index is 2.42. The van der Waals surface area contributed by atoms with Crippen LogP contribution in [0.15, 0.2) is 254 Å². The molecule has 12 rings (SSSR count). The fourth-order valence-electron chi connectivity index (χ4n) is 9.97. The zero-order chi connectivity index (χ0) is 42.4. The zero-order valence-corrected chi connectivity index (χ0v) is 35.4. The Morgan fingerprint density at radius 3 is 1.88 bits per heavy atom. The summed E-state index contributed by atoms with van der Waals surface area (Å²) < 4.78 is 2.39. The molecule has 11 aromatic rings. The van der Waals surface area contributed by atoms with Gasteiger partial charge in [0.05, 0.1) is 11.0 Å². The predicted molar refractivity (Wildman–Crippen MR) is 272 cm³/mol. The van der Waals surface area contributed by atoms with Gasteiger partial charge in [0.1, 0.15) is 0 Å². The fourth-order valence-corrected chi connectivity index (χ4v) is 9.97. The van der Waals surface area contributed by atoms with Crippen molar-refractivity contribution in [1.29, 1.82) is 0 Å². The Balaban J connectivity index is 0.915. The molecule has 0 spiro atoms. The summed E-state index contributed by atoms with van der Waals surface area (Å²) in [5.41, 5.74) is 15.5. The largest absolute Gasteiger partial charge is 0.311 e. The Hall–Kier alpha value is -8.20. The highest BCUT2D eigenvalue weighted by atomic mass is 15.1. The summed E-state index contributed by atoms with van der Waals surface area (Å²) in [6, 6.07) is 84.1. The van der Waals surface area contributed by atoms with E-state index in [1.54, 1.807) is 0 Å². The van der Waals surface area contributed by atoms with Crippen LogP contribution in [0.5, 0.6) is 0 Å². The number of nitrogens with zero attached hydrogens (tertiary/aromatic N) is 2. The first kappa shape index (κ1) is 37.6. The molecule has 1 unspecified atom stereocenters. The van der Waals surface area contributed by atoms with Gasteiger partial charge in [-0.2, -0.15) is 0 Å². The molecule has 0 N–H and O–H groups in total. The molecule has 302 valence electrons. The Kier molecular flexibility index (Phi) is 9.34. The van der Waals surface area contributed by atoms with Crippen molar-refractivity contribution in [2.24, 2.45) is 0 Å². The summed E-state index contributed by atoms with van der Waals surface area (Å²) in [7, 11) is 0. The topological polar surface area (TPSA) is 8.17 Å². The molecule has 2 heteroatoms. The molecule has 0 aliphatic heterocycles. The van der Waals surface area contributed by atoms with Crippen molar-refractivity contribution < 1.29 is 0 Å². The van der Waals surface area contributed by atoms with E-state index in [-0.39, 0.29) is 0 Å². The number of fused-ring (bicyclic) bond motifs is 6. The summed E-state index contributed by atoms with van der Waals surface area (Å²) in [6.45, 7) is 0. The van der Waals surface area contributed by atoms with Crippen molar-refractivity contribution in [2.75, 3.05) is 4.90 Å². The smallest absolute Gasteiger partial charge is 0.0547 e. The average molecular weight is 817 g/mol. The second kappa shape index (κ2) is 15.9. The van der Waals surface area contributed by atoms with Gasteiger partial charge >= 0.3 is 0 Å². The molecule has 0 radical (unpaired) electrons. The van der Waals surface area contributed by atoms with Crippen LogP contribution < -0.4 is 4.90 Å². The molecule has 0 bridgehead atoms. The number of aromatic nitrogens is 1. The lowest BCUT2D eigenvalue weighted by molar-refractivity contribution is 0.841. The van der Waals surface area contributed by atoms with E-state index in [4.69, 9.17) is 0 Å². The lowest BCUT2D eigenvalue weighted by Gasteiger charge is -2.29. The van der Waals surface area contributed by atoms with E-state index in [0.29, 0.717) is 5.92 Å². The molecule has 0 amide bonds. The van der Waals surface area contributed by atoms with Crippen LogP contribution in [0.3, 0.4) is 0 Å². The summed E-state index contributed by atoms with van der Waals surface area (Å²) in [6.07, 6.45) is 8.05. The number of allylic oxidation sites excluding steroid dienone is 3. The lowest BCUT2D eigenvalue weighted by Crippen LogP contribution is -2.17. The van der Waals surface area contributed by atoms with Crippen LogP contribution in [0, 0.1) is 0 Å². The van der Waals surface area contributed by atoms with E-state index in [9.17, 15) is 0 Å². The minimum absolute atomic E-state index is 0.294. The molecule has 1 aliphatic rings. The van der Waals surface area contributed by atoms with Gasteiger partial charge in [-0.25, -0.2) is 0 Å². The SMILES string of the molecule is C1=CC(c2ccc3c(ccc4ccccc43)c2)CC=C1N(c1ccc(-c2ccccc2)cc1)c1cccc(-c2cccc(-c3cccc4c3c3ccccc3n4-c3ccccc3)c2)c1. The van der Waals surface area contributed by atoms with Crippen molar-refractivity contribution in [3.05, 3.63) is 260 Å². The van der Waals surface area contributed by atoms with E-state index in [1.165, 1.54) is 88.0 Å². The lowest BCUT2D eigenvalue weighted by atomic mass is 9.89. The van der Waals surface area contributed by atoms with Gasteiger partial charge in [0.2, 0.25) is 0 Å². The van der Waals surface area contributed by atoms with E-state index in [1.807, 2.05) is 0 Å². The van der Waals surface area contributed by atoms with E-state index in [0.717, 1.165) is 23.5 Å². The Bertz CT molecular complexity index is 3580. The molecular formula is C62H44N2. The van der Waals surface area contributed by atoms with Gasteiger partial charge in [-0.3, -0.25) is 0 Å². The fraction of sp³-hybridized carbons (Fsp3) is 0.0323. The quantitative estimate of drug-likeness (QED) is 0.139. The monoisotopic (exact) mass is 816 g/mol. The van der Waals surface area contributed by atoms with Gasteiger partial charge in [-0.15, -0.1) is 0 Å². The van der Waals surface area contributed by atoms with Crippen LogP contribution in [-0.4, -0.2) is 4.57 Å². The van der Waals surface area contributed by atoms with E-state index >= 15 is 0 Å². The van der Waals surface area contributed by atoms with Crippen LogP contribution in [-0.2, 0) is 0 Å². The van der Waals surface area contributed by atoms with Crippen LogP contribution in [0.1, 0.15) is 17.9 Å². The molecule has 0 fully saturated rings. The highest BCUT2D eigenvalue weighted by Gasteiger charge is 2.21. The third-order valence-electron chi connectivity index (χ3n) is 13.1. The minimum atomic E-state index is 0.294. The summed E-state index contributed by atoms with van der Waals surface area (Å²) >= 11 is 0. The zero-order valence-electron chi connectivity index (χ0n) is 35.4. The Morgan fingerprint density at radius 2 is 1.05 bits per heavy atom. The second-order valence-electron chi connectivity index (χ2n) is 16.9. The van der Waals surface area contributed by atoms with Gasteiger partial charge in [0, 0.05) is 39.4 Å². The van der Waals surface area contributed by atoms with Crippen molar-refractivity contribution in [3.8, 4) is 39.1 Å². The van der Waals surface area contributed by atoms with Crippen molar-refractivity contribution in [2.45, 2.75) is 12.3 Å². The molecule has 2 nitrogen and oxygen atoms in total. The molecule has 0 saturated heterocycles. The van der Waals surface area contributed by atoms with Crippen LogP contribution in [0.25, 0.3) is 82.4 Å².